The second-order valence-electron chi connectivity index (χ2n) is 3.14. The molecule has 1 aromatic heterocycles. The number of hydrogen-bond acceptors (Lipinski definition) is 5. The molecule has 0 radical (unpaired) electrons. The predicted octanol–water partition coefficient (Wildman–Crippen LogP) is 0.442. The van der Waals surface area contributed by atoms with Gasteiger partial charge in [0.1, 0.15) is 0 Å². The number of hydrogen-bond donors (Lipinski definition) is 1. The third-order valence-corrected chi connectivity index (χ3v) is 2.05. The standard InChI is InChI=1S/C8H5NO2.C3H3N3/c10-7-5-3-1-2-4-6(5)8(11)9-7;1-2-4-6-5-3-1/h1-4H,(H,9,10,11);1-3H. The highest BCUT2D eigenvalue weighted by Crippen LogP contribution is 2.13. The Balaban J connectivity index is 0.000000153. The number of carbonyl (C=O) groups is 2. The van der Waals surface area contributed by atoms with Crippen LogP contribution in [0.25, 0.3) is 0 Å². The molecule has 2 aromatic rings. The number of imide groups is 1. The summed E-state index contributed by atoms with van der Waals surface area (Å²) < 4.78 is 0. The van der Waals surface area contributed by atoms with Gasteiger partial charge in [-0.25, -0.2) is 0 Å². The van der Waals surface area contributed by atoms with Crippen LogP contribution in [0.5, 0.6) is 0 Å². The Kier molecular flexibility index (Phi) is 3.15. The Labute approximate surface area is 96.7 Å². The molecule has 3 rings (SSSR count). The lowest BCUT2D eigenvalue weighted by molar-refractivity contribution is 0.0879. The van der Waals surface area contributed by atoms with Crippen LogP contribution >= 0.6 is 0 Å². The molecule has 0 fully saturated rings. The fourth-order valence-corrected chi connectivity index (χ4v) is 1.32. The van der Waals surface area contributed by atoms with E-state index in [1.807, 2.05) is 0 Å². The average molecular weight is 228 g/mol. The van der Waals surface area contributed by atoms with Crippen LogP contribution in [0.2, 0.25) is 0 Å². The van der Waals surface area contributed by atoms with Gasteiger partial charge >= 0.3 is 0 Å². The molecule has 0 spiro atoms. The van der Waals surface area contributed by atoms with Gasteiger partial charge in [0, 0.05) is 0 Å². The first-order chi connectivity index (χ1) is 8.29. The molecule has 1 aromatic carbocycles. The third-order valence-electron chi connectivity index (χ3n) is 2.05. The molecule has 1 aliphatic heterocycles. The van der Waals surface area contributed by atoms with Crippen LogP contribution in [0.1, 0.15) is 20.7 Å². The van der Waals surface area contributed by atoms with Crippen molar-refractivity contribution >= 4 is 11.8 Å². The van der Waals surface area contributed by atoms with Gasteiger partial charge in [0.2, 0.25) is 0 Å². The number of benzene rings is 1. The maximum atomic E-state index is 10.9. The summed E-state index contributed by atoms with van der Waals surface area (Å²) >= 11 is 0. The fraction of sp³-hybridized carbons (Fsp3) is 0. The second-order valence-corrected chi connectivity index (χ2v) is 3.14. The summed E-state index contributed by atoms with van der Waals surface area (Å²) in [5.41, 5.74) is 0.940. The van der Waals surface area contributed by atoms with Gasteiger partial charge in [0.05, 0.1) is 23.5 Å². The van der Waals surface area contributed by atoms with Gasteiger partial charge in [-0.05, 0) is 23.4 Å². The average Bonchev–Trinajstić information content (AvgIpc) is 2.69. The number of rotatable bonds is 0. The molecule has 84 valence electrons. The van der Waals surface area contributed by atoms with Crippen LogP contribution in [0.4, 0.5) is 0 Å². The predicted molar refractivity (Wildman–Crippen MR) is 58.1 cm³/mol. The van der Waals surface area contributed by atoms with Crippen LogP contribution in [0, 0.1) is 0 Å². The highest BCUT2D eigenvalue weighted by Gasteiger charge is 2.25. The van der Waals surface area contributed by atoms with E-state index in [1.165, 1.54) is 0 Å². The van der Waals surface area contributed by atoms with Crippen molar-refractivity contribution in [2.75, 3.05) is 0 Å². The minimum absolute atomic E-state index is 0.300. The van der Waals surface area contributed by atoms with Gasteiger partial charge in [-0.15, -0.1) is 10.2 Å². The molecule has 0 aliphatic carbocycles. The minimum Gasteiger partial charge on any atom is -0.288 e. The van der Waals surface area contributed by atoms with Crippen molar-refractivity contribution < 1.29 is 9.59 Å². The summed E-state index contributed by atoms with van der Waals surface area (Å²) in [5, 5.41) is 12.3. The van der Waals surface area contributed by atoms with Crippen LogP contribution in [0.15, 0.2) is 42.7 Å². The number of fused-ring (bicyclic) bond motifs is 1. The quantitative estimate of drug-likeness (QED) is 0.661. The van der Waals surface area contributed by atoms with E-state index in [4.69, 9.17) is 0 Å². The van der Waals surface area contributed by atoms with Crippen LogP contribution in [0.3, 0.4) is 0 Å². The van der Waals surface area contributed by atoms with Crippen molar-refractivity contribution in [1.82, 2.24) is 20.7 Å². The minimum atomic E-state index is -0.300. The Morgan fingerprint density at radius 1 is 0.824 bits per heavy atom. The molecule has 2 heterocycles. The lowest BCUT2D eigenvalue weighted by atomic mass is 10.1. The first kappa shape index (κ1) is 10.9. The summed E-state index contributed by atoms with van der Waals surface area (Å²) in [4.78, 5) is 21.9. The van der Waals surface area contributed by atoms with E-state index in [9.17, 15) is 9.59 Å². The number of nitrogens with zero attached hydrogens (tertiary/aromatic N) is 3. The highest BCUT2D eigenvalue weighted by molar-refractivity contribution is 6.21. The summed E-state index contributed by atoms with van der Waals surface area (Å²) in [6, 6.07) is 8.45. The zero-order valence-electron chi connectivity index (χ0n) is 8.70. The first-order valence-electron chi connectivity index (χ1n) is 4.82. The van der Waals surface area contributed by atoms with Gasteiger partial charge < -0.3 is 0 Å². The van der Waals surface area contributed by atoms with E-state index in [2.05, 4.69) is 20.7 Å². The summed E-state index contributed by atoms with van der Waals surface area (Å²) in [5.74, 6) is -0.601. The molecule has 0 saturated carbocycles. The molecule has 1 N–H and O–H groups in total. The van der Waals surface area contributed by atoms with Gasteiger partial charge in [-0.1, -0.05) is 12.1 Å². The molecular weight excluding hydrogens is 220 g/mol. The van der Waals surface area contributed by atoms with Crippen molar-refractivity contribution in [3.8, 4) is 0 Å². The molecule has 0 unspecified atom stereocenters. The summed E-state index contributed by atoms with van der Waals surface area (Å²) in [6.45, 7) is 0. The third kappa shape index (κ3) is 2.49. The summed E-state index contributed by atoms with van der Waals surface area (Å²) in [7, 11) is 0. The first-order valence-corrected chi connectivity index (χ1v) is 4.82. The van der Waals surface area contributed by atoms with Crippen LogP contribution in [-0.4, -0.2) is 27.2 Å². The van der Waals surface area contributed by atoms with Crippen molar-refractivity contribution in [1.29, 1.82) is 0 Å². The zero-order chi connectivity index (χ0) is 12.1. The van der Waals surface area contributed by atoms with Gasteiger partial charge in [0.25, 0.3) is 11.8 Å². The largest absolute Gasteiger partial charge is 0.288 e. The van der Waals surface area contributed by atoms with Crippen molar-refractivity contribution in [2.24, 2.45) is 0 Å². The van der Waals surface area contributed by atoms with Crippen molar-refractivity contribution in [3.05, 3.63) is 53.9 Å². The van der Waals surface area contributed by atoms with Crippen molar-refractivity contribution in [2.45, 2.75) is 0 Å². The van der Waals surface area contributed by atoms with Crippen molar-refractivity contribution in [3.63, 3.8) is 0 Å². The van der Waals surface area contributed by atoms with Gasteiger partial charge in [0.15, 0.2) is 0 Å². The maximum absolute atomic E-state index is 10.9. The molecule has 2 amide bonds. The van der Waals surface area contributed by atoms with Gasteiger partial charge in [-0.3, -0.25) is 14.9 Å². The van der Waals surface area contributed by atoms with Crippen LogP contribution in [-0.2, 0) is 0 Å². The number of aromatic nitrogens is 3. The second kappa shape index (κ2) is 4.93. The van der Waals surface area contributed by atoms with E-state index in [0.717, 1.165) is 0 Å². The SMILES string of the molecule is O=C1NC(=O)c2ccccc21.c1cnnnc1. The van der Waals surface area contributed by atoms with Gasteiger partial charge in [-0.2, -0.15) is 0 Å². The molecule has 0 saturated heterocycles. The van der Waals surface area contributed by atoms with Crippen LogP contribution < -0.4 is 5.32 Å². The Morgan fingerprint density at radius 3 is 1.71 bits per heavy atom. The van der Waals surface area contributed by atoms with E-state index < -0.39 is 0 Å². The molecule has 17 heavy (non-hydrogen) atoms. The maximum Gasteiger partial charge on any atom is 0.258 e. The highest BCUT2D eigenvalue weighted by atomic mass is 16.2. The molecule has 6 nitrogen and oxygen atoms in total. The fourth-order valence-electron chi connectivity index (χ4n) is 1.32. The number of carbonyl (C=O) groups excluding carboxylic acids is 2. The molecule has 6 heteroatoms. The van der Waals surface area contributed by atoms with E-state index in [-0.39, 0.29) is 11.8 Å². The topological polar surface area (TPSA) is 84.8 Å². The lowest BCUT2D eigenvalue weighted by Gasteiger charge is -1.88. The zero-order valence-corrected chi connectivity index (χ0v) is 8.70. The molecule has 0 atom stereocenters. The smallest absolute Gasteiger partial charge is 0.258 e. The molecular formula is C11H8N4O2. The number of amides is 2. The summed E-state index contributed by atoms with van der Waals surface area (Å²) in [6.07, 6.45) is 3.15. The molecule has 0 bridgehead atoms. The van der Waals surface area contributed by atoms with E-state index in [0.29, 0.717) is 11.1 Å². The lowest BCUT2D eigenvalue weighted by Crippen LogP contribution is -2.19. The van der Waals surface area contributed by atoms with E-state index in [1.54, 1.807) is 42.7 Å². The van der Waals surface area contributed by atoms with E-state index >= 15 is 0 Å². The number of nitrogens with one attached hydrogen (secondary N) is 1. The monoisotopic (exact) mass is 228 g/mol. The molecule has 1 aliphatic rings. The normalized spacial score (nSPS) is 12.2. The Hall–Kier alpha value is -2.63. The Morgan fingerprint density at radius 2 is 1.35 bits per heavy atom. The Bertz CT molecular complexity index is 482.